The van der Waals surface area contributed by atoms with Crippen LogP contribution in [-0.2, 0) is 0 Å². The van der Waals surface area contributed by atoms with Gasteiger partial charge in [-0.3, -0.25) is 4.79 Å². The zero-order chi connectivity index (χ0) is 14.0. The summed E-state index contributed by atoms with van der Waals surface area (Å²) in [5.74, 6) is -2.09. The summed E-state index contributed by atoms with van der Waals surface area (Å²) < 4.78 is 27.0. The number of aryl methyl sites for hydroxylation is 1. The molecule has 98 valence electrons. The number of benzene rings is 2. The number of carbonyl (C=O) groups excluding carboxylic acids is 1. The first-order chi connectivity index (χ1) is 8.99. The van der Waals surface area contributed by atoms with Crippen molar-refractivity contribution in [1.29, 1.82) is 0 Å². The summed E-state index contributed by atoms with van der Waals surface area (Å²) in [7, 11) is 0. The van der Waals surface area contributed by atoms with E-state index in [9.17, 15) is 13.6 Å². The topological polar surface area (TPSA) is 29.1 Å². The van der Waals surface area contributed by atoms with Crippen molar-refractivity contribution in [3.63, 3.8) is 0 Å². The fourth-order valence-electron chi connectivity index (χ4n) is 1.61. The lowest BCUT2D eigenvalue weighted by atomic mass is 10.1. The molecule has 0 heterocycles. The predicted octanol–water partition coefficient (Wildman–Crippen LogP) is 4.18. The highest BCUT2D eigenvalue weighted by Gasteiger charge is 2.15. The predicted molar refractivity (Wildman–Crippen MR) is 70.5 cm³/mol. The van der Waals surface area contributed by atoms with Crippen LogP contribution in [0.25, 0.3) is 0 Å². The van der Waals surface area contributed by atoms with E-state index in [-0.39, 0.29) is 16.3 Å². The molecule has 0 aliphatic carbocycles. The standard InChI is InChI=1S/C14H10ClF2NO/c1-8-5-6-11(16)9(7-8)14(19)18-13-10(15)3-2-4-12(13)17/h2-7H,1H3,(H,18,19). The second-order valence-electron chi connectivity index (χ2n) is 4.03. The quantitative estimate of drug-likeness (QED) is 0.879. The summed E-state index contributed by atoms with van der Waals surface area (Å²) >= 11 is 5.78. The van der Waals surface area contributed by atoms with Crippen LogP contribution < -0.4 is 5.32 Å². The minimum Gasteiger partial charge on any atom is -0.318 e. The Bertz CT molecular complexity index is 623. The van der Waals surface area contributed by atoms with Crippen LogP contribution in [-0.4, -0.2) is 5.91 Å². The zero-order valence-corrected chi connectivity index (χ0v) is 10.8. The van der Waals surface area contributed by atoms with E-state index in [2.05, 4.69) is 5.32 Å². The van der Waals surface area contributed by atoms with Gasteiger partial charge in [0.15, 0.2) is 0 Å². The molecule has 0 saturated carbocycles. The minimum atomic E-state index is -0.742. The molecule has 2 aromatic rings. The van der Waals surface area contributed by atoms with Crippen LogP contribution in [0.15, 0.2) is 36.4 Å². The van der Waals surface area contributed by atoms with Crippen molar-refractivity contribution in [3.05, 3.63) is 64.2 Å². The number of anilines is 1. The van der Waals surface area contributed by atoms with Gasteiger partial charge in [-0.25, -0.2) is 8.78 Å². The van der Waals surface area contributed by atoms with Gasteiger partial charge in [0, 0.05) is 0 Å². The van der Waals surface area contributed by atoms with Crippen LogP contribution in [0.5, 0.6) is 0 Å². The van der Waals surface area contributed by atoms with Gasteiger partial charge in [0.25, 0.3) is 5.91 Å². The van der Waals surface area contributed by atoms with Crippen molar-refractivity contribution < 1.29 is 13.6 Å². The molecule has 1 N–H and O–H groups in total. The Labute approximate surface area is 114 Å². The number of carbonyl (C=O) groups is 1. The molecular formula is C14H10ClF2NO. The maximum atomic E-state index is 13.5. The molecule has 0 radical (unpaired) electrons. The Kier molecular flexibility index (Phi) is 3.81. The highest BCUT2D eigenvalue weighted by molar-refractivity contribution is 6.34. The first-order valence-corrected chi connectivity index (χ1v) is 5.88. The van der Waals surface area contributed by atoms with Gasteiger partial charge in [0.05, 0.1) is 16.3 Å². The molecule has 0 aliphatic heterocycles. The molecule has 0 saturated heterocycles. The SMILES string of the molecule is Cc1ccc(F)c(C(=O)Nc2c(F)cccc2Cl)c1. The van der Waals surface area contributed by atoms with Crippen LogP contribution >= 0.6 is 11.6 Å². The Hall–Kier alpha value is -1.94. The first-order valence-electron chi connectivity index (χ1n) is 5.50. The molecule has 0 aliphatic rings. The molecule has 2 rings (SSSR count). The number of hydrogen-bond acceptors (Lipinski definition) is 1. The molecule has 0 aromatic heterocycles. The van der Waals surface area contributed by atoms with Crippen molar-refractivity contribution in [3.8, 4) is 0 Å². The smallest absolute Gasteiger partial charge is 0.258 e. The number of halogens is 3. The first kappa shape index (κ1) is 13.5. The van der Waals surface area contributed by atoms with Gasteiger partial charge in [0.2, 0.25) is 0 Å². The fourth-order valence-corrected chi connectivity index (χ4v) is 1.82. The summed E-state index contributed by atoms with van der Waals surface area (Å²) in [6, 6.07) is 8.14. The van der Waals surface area contributed by atoms with Crippen molar-refractivity contribution in [1.82, 2.24) is 0 Å². The monoisotopic (exact) mass is 281 g/mol. The van der Waals surface area contributed by atoms with Gasteiger partial charge in [-0.2, -0.15) is 0 Å². The molecule has 0 bridgehead atoms. The fraction of sp³-hybridized carbons (Fsp3) is 0.0714. The van der Waals surface area contributed by atoms with Crippen molar-refractivity contribution >= 4 is 23.2 Å². The van der Waals surface area contributed by atoms with Gasteiger partial charge in [0.1, 0.15) is 11.6 Å². The number of amides is 1. The lowest BCUT2D eigenvalue weighted by molar-refractivity contribution is 0.102. The van der Waals surface area contributed by atoms with Crippen LogP contribution in [0.2, 0.25) is 5.02 Å². The van der Waals surface area contributed by atoms with Gasteiger partial charge >= 0.3 is 0 Å². The molecule has 5 heteroatoms. The van der Waals surface area contributed by atoms with Crippen molar-refractivity contribution in [2.24, 2.45) is 0 Å². The Morgan fingerprint density at radius 1 is 1.16 bits per heavy atom. The molecule has 19 heavy (non-hydrogen) atoms. The maximum absolute atomic E-state index is 13.5. The molecule has 0 unspecified atom stereocenters. The van der Waals surface area contributed by atoms with Crippen molar-refractivity contribution in [2.75, 3.05) is 5.32 Å². The summed E-state index contributed by atoms with van der Waals surface area (Å²) in [4.78, 5) is 11.9. The molecule has 2 aromatic carbocycles. The van der Waals surface area contributed by atoms with Gasteiger partial charge in [-0.05, 0) is 31.2 Å². The van der Waals surface area contributed by atoms with Crippen LogP contribution in [0, 0.1) is 18.6 Å². The summed E-state index contributed by atoms with van der Waals surface area (Å²) in [5.41, 5.74) is 0.417. The molecule has 2 nitrogen and oxygen atoms in total. The summed E-state index contributed by atoms with van der Waals surface area (Å²) in [5, 5.41) is 2.33. The average Bonchev–Trinajstić information content (AvgIpc) is 2.37. The van der Waals surface area contributed by atoms with Gasteiger partial charge in [-0.15, -0.1) is 0 Å². The van der Waals surface area contributed by atoms with E-state index in [0.717, 1.165) is 11.6 Å². The second kappa shape index (κ2) is 5.36. The van der Waals surface area contributed by atoms with E-state index < -0.39 is 17.5 Å². The van der Waals surface area contributed by atoms with E-state index in [1.54, 1.807) is 13.0 Å². The van der Waals surface area contributed by atoms with E-state index in [1.165, 1.54) is 24.3 Å². The van der Waals surface area contributed by atoms with Crippen LogP contribution in [0.4, 0.5) is 14.5 Å². The lowest BCUT2D eigenvalue weighted by Crippen LogP contribution is -2.15. The molecule has 0 atom stereocenters. The summed E-state index contributed by atoms with van der Waals surface area (Å²) in [6.45, 7) is 1.73. The third kappa shape index (κ3) is 2.90. The van der Waals surface area contributed by atoms with Crippen LogP contribution in [0.1, 0.15) is 15.9 Å². The number of nitrogens with one attached hydrogen (secondary N) is 1. The van der Waals surface area contributed by atoms with Crippen molar-refractivity contribution in [2.45, 2.75) is 6.92 Å². The average molecular weight is 282 g/mol. The number of hydrogen-bond donors (Lipinski definition) is 1. The third-order valence-electron chi connectivity index (χ3n) is 2.57. The summed E-state index contributed by atoms with van der Waals surface area (Å²) in [6.07, 6.45) is 0. The molecular weight excluding hydrogens is 272 g/mol. The second-order valence-corrected chi connectivity index (χ2v) is 4.44. The molecule has 0 spiro atoms. The lowest BCUT2D eigenvalue weighted by Gasteiger charge is -2.09. The Balaban J connectivity index is 2.34. The maximum Gasteiger partial charge on any atom is 0.258 e. The third-order valence-corrected chi connectivity index (χ3v) is 2.88. The highest BCUT2D eigenvalue weighted by Crippen LogP contribution is 2.25. The Morgan fingerprint density at radius 2 is 1.89 bits per heavy atom. The zero-order valence-electron chi connectivity index (χ0n) is 10.0. The normalized spacial score (nSPS) is 10.3. The van der Waals surface area contributed by atoms with Gasteiger partial charge < -0.3 is 5.32 Å². The molecule has 0 fully saturated rings. The largest absolute Gasteiger partial charge is 0.318 e. The number of rotatable bonds is 2. The Morgan fingerprint density at radius 3 is 2.58 bits per heavy atom. The van der Waals surface area contributed by atoms with E-state index in [4.69, 9.17) is 11.6 Å². The minimum absolute atomic E-state index is 0.0569. The van der Waals surface area contributed by atoms with Crippen LogP contribution in [0.3, 0.4) is 0 Å². The van der Waals surface area contributed by atoms with E-state index in [0.29, 0.717) is 0 Å². The van der Waals surface area contributed by atoms with Gasteiger partial charge in [-0.1, -0.05) is 29.3 Å². The number of para-hydroxylation sites is 1. The van der Waals surface area contributed by atoms with E-state index in [1.807, 2.05) is 0 Å². The van der Waals surface area contributed by atoms with E-state index >= 15 is 0 Å². The highest BCUT2D eigenvalue weighted by atomic mass is 35.5. The molecule has 1 amide bonds.